The van der Waals surface area contributed by atoms with Gasteiger partial charge in [-0.1, -0.05) is 32.0 Å². The number of para-hydroxylation sites is 1. The second-order valence-electron chi connectivity index (χ2n) is 10.6. The lowest BCUT2D eigenvalue weighted by molar-refractivity contribution is -0.128. The van der Waals surface area contributed by atoms with Gasteiger partial charge in [-0.05, 0) is 52.1 Å². The molecule has 0 aliphatic carbocycles. The number of pyridine rings is 1. The minimum atomic E-state index is -1.01. The van der Waals surface area contributed by atoms with Crippen LogP contribution in [0.5, 0.6) is 0 Å². The third-order valence-corrected chi connectivity index (χ3v) is 6.51. The van der Waals surface area contributed by atoms with Gasteiger partial charge in [-0.25, -0.2) is 9.97 Å². The molecule has 10 heteroatoms. The second kappa shape index (κ2) is 11.1. The molecule has 1 fully saturated rings. The molecule has 0 spiro atoms. The number of benzene rings is 1. The molecule has 200 valence electrons. The van der Waals surface area contributed by atoms with Gasteiger partial charge in [-0.15, -0.1) is 0 Å². The largest absolute Gasteiger partial charge is 0.389 e. The van der Waals surface area contributed by atoms with Gasteiger partial charge in [-0.3, -0.25) is 9.59 Å². The molecule has 10 nitrogen and oxygen atoms in total. The first-order valence-corrected chi connectivity index (χ1v) is 13.0. The zero-order valence-electron chi connectivity index (χ0n) is 22.3. The van der Waals surface area contributed by atoms with E-state index in [1.807, 2.05) is 49.6 Å². The fraction of sp³-hybridized carbons (Fsp3) is 0.556. The first-order chi connectivity index (χ1) is 17.6. The standard InChI is InChI=1S/C27H38N6O4/c1-6-37-14-20-30-22-23(33(20)15-27(4,5)36)17-10-7-8-11-18(17)29-24(22)32-26(35)21(16(2)3)31-25(34)19-12-9-13-28-19/h7-8,10-11,16,19,21,28,36H,6,9,12-15H2,1-5H3,(H,31,34)(H,29,32,35)/t19-,21-/m0/s1. The summed E-state index contributed by atoms with van der Waals surface area (Å²) in [6.07, 6.45) is 1.69. The molecule has 3 aromatic rings. The van der Waals surface area contributed by atoms with E-state index >= 15 is 0 Å². The molecule has 1 saturated heterocycles. The maximum absolute atomic E-state index is 13.5. The molecule has 1 aliphatic heterocycles. The highest BCUT2D eigenvalue weighted by Gasteiger charge is 2.30. The molecule has 0 unspecified atom stereocenters. The predicted octanol–water partition coefficient (Wildman–Crippen LogP) is 2.72. The molecular weight excluding hydrogens is 472 g/mol. The highest BCUT2D eigenvalue weighted by atomic mass is 16.5. The van der Waals surface area contributed by atoms with Crippen molar-refractivity contribution >= 4 is 39.6 Å². The smallest absolute Gasteiger partial charge is 0.248 e. The number of amides is 2. The van der Waals surface area contributed by atoms with Crippen molar-refractivity contribution in [3.63, 3.8) is 0 Å². The Morgan fingerprint density at radius 1 is 1.27 bits per heavy atom. The van der Waals surface area contributed by atoms with Crippen molar-refractivity contribution < 1.29 is 19.4 Å². The third kappa shape index (κ3) is 6.08. The van der Waals surface area contributed by atoms with Gasteiger partial charge >= 0.3 is 0 Å². The molecule has 1 aliphatic rings. The highest BCUT2D eigenvalue weighted by molar-refractivity contribution is 6.10. The lowest BCUT2D eigenvalue weighted by Gasteiger charge is -2.23. The molecule has 37 heavy (non-hydrogen) atoms. The number of hydrogen-bond acceptors (Lipinski definition) is 7. The lowest BCUT2D eigenvalue weighted by atomic mass is 10.0. The lowest BCUT2D eigenvalue weighted by Crippen LogP contribution is -2.52. The topological polar surface area (TPSA) is 130 Å². The van der Waals surface area contributed by atoms with E-state index in [2.05, 4.69) is 16.0 Å². The normalized spacial score (nSPS) is 17.0. The summed E-state index contributed by atoms with van der Waals surface area (Å²) >= 11 is 0. The van der Waals surface area contributed by atoms with Gasteiger partial charge in [0.15, 0.2) is 5.82 Å². The monoisotopic (exact) mass is 510 g/mol. The van der Waals surface area contributed by atoms with Crippen LogP contribution in [-0.2, 0) is 27.5 Å². The molecule has 2 amide bonds. The second-order valence-corrected chi connectivity index (χ2v) is 10.6. The molecular formula is C27H38N6O4. The van der Waals surface area contributed by atoms with Crippen LogP contribution < -0.4 is 16.0 Å². The van der Waals surface area contributed by atoms with Crippen LogP contribution in [0.3, 0.4) is 0 Å². The number of carbonyl (C=O) groups is 2. The van der Waals surface area contributed by atoms with Gasteiger partial charge in [-0.2, -0.15) is 0 Å². The number of carbonyl (C=O) groups excluding carboxylic acids is 2. The first-order valence-electron chi connectivity index (χ1n) is 13.0. The Morgan fingerprint density at radius 3 is 2.68 bits per heavy atom. The van der Waals surface area contributed by atoms with Crippen molar-refractivity contribution in [1.29, 1.82) is 0 Å². The van der Waals surface area contributed by atoms with Crippen LogP contribution in [0.4, 0.5) is 5.82 Å². The fourth-order valence-electron chi connectivity index (χ4n) is 4.72. The summed E-state index contributed by atoms with van der Waals surface area (Å²) in [6, 6.07) is 6.62. The molecule has 4 rings (SSSR count). The summed E-state index contributed by atoms with van der Waals surface area (Å²) in [5, 5.41) is 20.6. The number of rotatable bonds is 10. The minimum Gasteiger partial charge on any atom is -0.389 e. The molecule has 2 aromatic heterocycles. The maximum Gasteiger partial charge on any atom is 0.248 e. The summed E-state index contributed by atoms with van der Waals surface area (Å²) in [5.41, 5.74) is 0.949. The van der Waals surface area contributed by atoms with Crippen LogP contribution in [0.1, 0.15) is 53.3 Å². The van der Waals surface area contributed by atoms with Crippen molar-refractivity contribution in [3.8, 4) is 0 Å². The molecule has 0 saturated carbocycles. The first kappa shape index (κ1) is 27.0. The van der Waals surface area contributed by atoms with Crippen molar-refractivity contribution in [2.24, 2.45) is 5.92 Å². The Kier molecular flexibility index (Phi) is 8.11. The Hall–Kier alpha value is -3.08. The van der Waals surface area contributed by atoms with E-state index in [9.17, 15) is 14.7 Å². The molecule has 0 bridgehead atoms. The van der Waals surface area contributed by atoms with Crippen molar-refractivity contribution in [3.05, 3.63) is 30.1 Å². The number of anilines is 1. The summed E-state index contributed by atoms with van der Waals surface area (Å²) in [7, 11) is 0. The maximum atomic E-state index is 13.5. The number of fused-ring (bicyclic) bond motifs is 3. The van der Waals surface area contributed by atoms with E-state index in [0.717, 1.165) is 30.3 Å². The van der Waals surface area contributed by atoms with E-state index in [-0.39, 0.29) is 36.9 Å². The van der Waals surface area contributed by atoms with Gasteiger partial charge in [0.25, 0.3) is 0 Å². The Balaban J connectivity index is 1.76. The SMILES string of the molecule is CCOCc1nc2c(NC(=O)[C@@H](NC(=O)[C@@H]3CCCN3)C(C)C)nc3ccccc3c2n1CC(C)(C)O. The summed E-state index contributed by atoms with van der Waals surface area (Å²) in [4.78, 5) is 35.8. The molecule has 4 N–H and O–H groups in total. The predicted molar refractivity (Wildman–Crippen MR) is 143 cm³/mol. The van der Waals surface area contributed by atoms with Crippen molar-refractivity contribution in [1.82, 2.24) is 25.2 Å². The average molecular weight is 511 g/mol. The number of aromatic nitrogens is 3. The summed E-state index contributed by atoms with van der Waals surface area (Å²) < 4.78 is 7.62. The quantitative estimate of drug-likeness (QED) is 0.330. The molecule has 1 aromatic carbocycles. The third-order valence-electron chi connectivity index (χ3n) is 6.51. The van der Waals surface area contributed by atoms with Crippen LogP contribution in [0, 0.1) is 5.92 Å². The van der Waals surface area contributed by atoms with E-state index in [1.54, 1.807) is 13.8 Å². The summed E-state index contributed by atoms with van der Waals surface area (Å²) in [6.45, 7) is 11.0. The Morgan fingerprint density at radius 2 is 2.03 bits per heavy atom. The number of aliphatic hydroxyl groups is 1. The van der Waals surface area contributed by atoms with Crippen molar-refractivity contribution in [2.75, 3.05) is 18.5 Å². The zero-order chi connectivity index (χ0) is 26.7. The molecule has 3 heterocycles. The van der Waals surface area contributed by atoms with Gasteiger partial charge in [0.1, 0.15) is 24.0 Å². The van der Waals surface area contributed by atoms with Crippen LogP contribution >= 0.6 is 0 Å². The van der Waals surface area contributed by atoms with Crippen LogP contribution in [-0.4, -0.2) is 62.3 Å². The zero-order valence-corrected chi connectivity index (χ0v) is 22.3. The number of imidazole rings is 1. The molecule has 0 radical (unpaired) electrons. The van der Waals surface area contributed by atoms with E-state index in [0.29, 0.717) is 29.3 Å². The number of ether oxygens (including phenoxy) is 1. The van der Waals surface area contributed by atoms with E-state index < -0.39 is 11.6 Å². The van der Waals surface area contributed by atoms with Crippen LogP contribution in [0.15, 0.2) is 24.3 Å². The number of nitrogens with one attached hydrogen (secondary N) is 3. The number of hydrogen-bond donors (Lipinski definition) is 4. The van der Waals surface area contributed by atoms with E-state index in [1.165, 1.54) is 0 Å². The average Bonchev–Trinajstić information content (AvgIpc) is 3.49. The van der Waals surface area contributed by atoms with Crippen LogP contribution in [0.2, 0.25) is 0 Å². The number of nitrogens with zero attached hydrogens (tertiary/aromatic N) is 3. The molecule has 2 atom stereocenters. The van der Waals surface area contributed by atoms with Crippen LogP contribution in [0.25, 0.3) is 21.9 Å². The van der Waals surface area contributed by atoms with Gasteiger partial charge in [0, 0.05) is 12.0 Å². The van der Waals surface area contributed by atoms with E-state index in [4.69, 9.17) is 14.7 Å². The van der Waals surface area contributed by atoms with Gasteiger partial charge in [0.05, 0.1) is 29.2 Å². The Labute approximate surface area is 217 Å². The van der Waals surface area contributed by atoms with Crippen molar-refractivity contribution in [2.45, 2.75) is 78.3 Å². The fourth-order valence-corrected chi connectivity index (χ4v) is 4.72. The van der Waals surface area contributed by atoms with Gasteiger partial charge in [0.2, 0.25) is 11.8 Å². The minimum absolute atomic E-state index is 0.137. The summed E-state index contributed by atoms with van der Waals surface area (Å²) in [5.74, 6) is 0.284. The Bertz CT molecular complexity index is 1270. The van der Waals surface area contributed by atoms with Gasteiger partial charge < -0.3 is 30.4 Å². The highest BCUT2D eigenvalue weighted by Crippen LogP contribution is 2.31.